The van der Waals surface area contributed by atoms with Gasteiger partial charge in [0.15, 0.2) is 5.17 Å². The summed E-state index contributed by atoms with van der Waals surface area (Å²) in [7, 11) is 0. The van der Waals surface area contributed by atoms with Gasteiger partial charge < -0.3 is 9.73 Å². The Labute approximate surface area is 170 Å². The predicted octanol–water partition coefficient (Wildman–Crippen LogP) is 5.00. The van der Waals surface area contributed by atoms with Gasteiger partial charge in [0.2, 0.25) is 0 Å². The number of rotatable bonds is 3. The summed E-state index contributed by atoms with van der Waals surface area (Å²) in [6, 6.07) is 19.6. The van der Waals surface area contributed by atoms with Crippen molar-refractivity contribution in [3.63, 3.8) is 0 Å². The molecular weight excluding hydrogens is 396 g/mol. The molecule has 2 amide bonds. The van der Waals surface area contributed by atoms with Crippen LogP contribution in [-0.4, -0.2) is 17.0 Å². The molecule has 0 spiro atoms. The van der Waals surface area contributed by atoms with Crippen LogP contribution in [0.3, 0.4) is 0 Å². The Morgan fingerprint density at radius 2 is 1.89 bits per heavy atom. The first kappa shape index (κ1) is 18.3. The van der Waals surface area contributed by atoms with Crippen molar-refractivity contribution in [3.05, 3.63) is 88.0 Å². The summed E-state index contributed by atoms with van der Waals surface area (Å²) >= 11 is 7.10. The third-order valence-corrected chi connectivity index (χ3v) is 5.03. The summed E-state index contributed by atoms with van der Waals surface area (Å²) < 4.78 is 5.79. The molecule has 0 aliphatic carbocycles. The minimum absolute atomic E-state index is 0.242. The molecule has 5 nitrogen and oxygen atoms in total. The molecule has 1 saturated heterocycles. The Balaban J connectivity index is 1.52. The highest BCUT2D eigenvalue weighted by Gasteiger charge is 2.25. The monoisotopic (exact) mass is 408 g/mol. The van der Waals surface area contributed by atoms with Gasteiger partial charge in [0.25, 0.3) is 11.8 Å². The highest BCUT2D eigenvalue weighted by atomic mass is 35.5. The maximum absolute atomic E-state index is 12.2. The van der Waals surface area contributed by atoms with E-state index in [1.807, 2.05) is 24.3 Å². The molecule has 7 heteroatoms. The van der Waals surface area contributed by atoms with E-state index < -0.39 is 5.91 Å². The van der Waals surface area contributed by atoms with Crippen LogP contribution in [0.15, 0.2) is 81.0 Å². The van der Waals surface area contributed by atoms with Crippen LogP contribution in [0.2, 0.25) is 5.02 Å². The summed E-state index contributed by atoms with van der Waals surface area (Å²) in [6.07, 6.45) is 1.61. The molecule has 2 aromatic carbocycles. The first-order valence-corrected chi connectivity index (χ1v) is 9.53. The number of carbonyl (C=O) groups excluding carboxylic acids is 2. The molecule has 3 aromatic rings. The summed E-state index contributed by atoms with van der Waals surface area (Å²) in [5.41, 5.74) is 1.30. The lowest BCUT2D eigenvalue weighted by molar-refractivity contribution is -0.115. The smallest absolute Gasteiger partial charge is 0.279 e. The standard InChI is InChI=1S/C21H13ClN2O3S/c22-15-8-4-7-14(11-15)17-10-9-16(27-17)12-18-20(26)24-21(28-18)23-19(25)13-5-2-1-3-6-13/h1-12H,(H,23,24,25,26)/b18-12-. The number of carbonyl (C=O) groups is 2. The first-order valence-electron chi connectivity index (χ1n) is 8.33. The number of furan rings is 1. The zero-order chi connectivity index (χ0) is 19.5. The second-order valence-electron chi connectivity index (χ2n) is 5.87. The van der Waals surface area contributed by atoms with E-state index in [1.165, 1.54) is 0 Å². The Kier molecular flexibility index (Phi) is 5.14. The van der Waals surface area contributed by atoms with Crippen LogP contribution in [-0.2, 0) is 4.79 Å². The summed E-state index contributed by atoms with van der Waals surface area (Å²) in [5, 5.41) is 3.45. The van der Waals surface area contributed by atoms with E-state index >= 15 is 0 Å². The van der Waals surface area contributed by atoms with Gasteiger partial charge in [-0.3, -0.25) is 9.59 Å². The lowest BCUT2D eigenvalue weighted by atomic mass is 10.2. The Morgan fingerprint density at radius 1 is 1.07 bits per heavy atom. The van der Waals surface area contributed by atoms with Gasteiger partial charge in [0.05, 0.1) is 4.91 Å². The van der Waals surface area contributed by atoms with Gasteiger partial charge in [0, 0.05) is 22.2 Å². The average Bonchev–Trinajstić information content (AvgIpc) is 3.29. The lowest BCUT2D eigenvalue weighted by Crippen LogP contribution is -2.20. The maximum Gasteiger partial charge on any atom is 0.279 e. The number of nitrogens with one attached hydrogen (secondary N) is 1. The number of halogens is 1. The number of hydrogen-bond acceptors (Lipinski definition) is 4. The second kappa shape index (κ2) is 7.88. The Bertz CT molecular complexity index is 1120. The molecule has 0 radical (unpaired) electrons. The van der Waals surface area contributed by atoms with Gasteiger partial charge in [-0.25, -0.2) is 0 Å². The minimum Gasteiger partial charge on any atom is -0.457 e. The molecule has 1 aliphatic rings. The SMILES string of the molecule is O=C1NC(=NC(=O)c2ccccc2)S/C1=C\c1ccc(-c2cccc(Cl)c2)o1. The molecule has 28 heavy (non-hydrogen) atoms. The van der Waals surface area contributed by atoms with Crippen LogP contribution in [0.5, 0.6) is 0 Å². The molecule has 138 valence electrons. The summed E-state index contributed by atoms with van der Waals surface area (Å²) in [6.45, 7) is 0. The van der Waals surface area contributed by atoms with E-state index in [-0.39, 0.29) is 11.1 Å². The first-order chi connectivity index (χ1) is 13.6. The topological polar surface area (TPSA) is 71.7 Å². The van der Waals surface area contributed by atoms with Gasteiger partial charge >= 0.3 is 0 Å². The van der Waals surface area contributed by atoms with Gasteiger partial charge in [-0.2, -0.15) is 4.99 Å². The Morgan fingerprint density at radius 3 is 2.68 bits per heavy atom. The number of hydrogen-bond donors (Lipinski definition) is 1. The van der Waals surface area contributed by atoms with E-state index in [1.54, 1.807) is 48.5 Å². The van der Waals surface area contributed by atoms with Crippen LogP contribution >= 0.6 is 23.4 Å². The molecule has 4 rings (SSSR count). The van der Waals surface area contributed by atoms with Crippen molar-refractivity contribution in [1.82, 2.24) is 5.32 Å². The molecule has 1 N–H and O–H groups in total. The lowest BCUT2D eigenvalue weighted by Gasteiger charge is -1.97. The number of aliphatic imine (C=N–C) groups is 1. The number of thioether (sulfide) groups is 1. The van der Waals surface area contributed by atoms with Crippen molar-refractivity contribution < 1.29 is 14.0 Å². The average molecular weight is 409 g/mol. The van der Waals surface area contributed by atoms with E-state index in [9.17, 15) is 9.59 Å². The predicted molar refractivity (Wildman–Crippen MR) is 111 cm³/mol. The third-order valence-electron chi connectivity index (χ3n) is 3.88. The van der Waals surface area contributed by atoms with Crippen LogP contribution in [0.1, 0.15) is 16.1 Å². The van der Waals surface area contributed by atoms with Crippen LogP contribution in [0, 0.1) is 0 Å². The molecule has 1 fully saturated rings. The zero-order valence-electron chi connectivity index (χ0n) is 14.4. The van der Waals surface area contributed by atoms with Gasteiger partial charge in [-0.1, -0.05) is 41.9 Å². The molecule has 1 aliphatic heterocycles. The summed E-state index contributed by atoms with van der Waals surface area (Å²) in [4.78, 5) is 28.7. The molecule has 2 heterocycles. The normalized spacial score (nSPS) is 16.5. The van der Waals surface area contributed by atoms with E-state index in [0.29, 0.717) is 27.0 Å². The minimum atomic E-state index is -0.411. The quantitative estimate of drug-likeness (QED) is 0.619. The van der Waals surface area contributed by atoms with Crippen molar-refractivity contribution in [2.24, 2.45) is 4.99 Å². The van der Waals surface area contributed by atoms with E-state index in [4.69, 9.17) is 16.0 Å². The number of nitrogens with zero attached hydrogens (tertiary/aromatic N) is 1. The molecule has 0 saturated carbocycles. The number of benzene rings is 2. The zero-order valence-corrected chi connectivity index (χ0v) is 16.0. The fourth-order valence-electron chi connectivity index (χ4n) is 2.57. The number of amides is 2. The van der Waals surface area contributed by atoms with Gasteiger partial charge in [-0.15, -0.1) is 0 Å². The van der Waals surface area contributed by atoms with Crippen molar-refractivity contribution >= 4 is 46.4 Å². The van der Waals surface area contributed by atoms with Crippen molar-refractivity contribution in [2.45, 2.75) is 0 Å². The van der Waals surface area contributed by atoms with Crippen LogP contribution in [0.4, 0.5) is 0 Å². The van der Waals surface area contributed by atoms with Crippen LogP contribution < -0.4 is 5.32 Å². The molecule has 1 aromatic heterocycles. The molecule has 0 atom stereocenters. The van der Waals surface area contributed by atoms with Gasteiger partial charge in [-0.05, 0) is 48.2 Å². The van der Waals surface area contributed by atoms with Crippen molar-refractivity contribution in [3.8, 4) is 11.3 Å². The van der Waals surface area contributed by atoms with Gasteiger partial charge in [0.1, 0.15) is 11.5 Å². The highest BCUT2D eigenvalue weighted by molar-refractivity contribution is 8.18. The molecule has 0 bridgehead atoms. The molecule has 0 unspecified atom stereocenters. The van der Waals surface area contributed by atoms with Crippen molar-refractivity contribution in [1.29, 1.82) is 0 Å². The van der Waals surface area contributed by atoms with E-state index in [2.05, 4.69) is 10.3 Å². The Hall–Kier alpha value is -3.09. The third kappa shape index (κ3) is 4.08. The second-order valence-corrected chi connectivity index (χ2v) is 7.33. The number of amidine groups is 1. The van der Waals surface area contributed by atoms with Crippen molar-refractivity contribution in [2.75, 3.05) is 0 Å². The largest absolute Gasteiger partial charge is 0.457 e. The highest BCUT2D eigenvalue weighted by Crippen LogP contribution is 2.29. The molecular formula is C21H13ClN2O3S. The summed E-state index contributed by atoms with van der Waals surface area (Å²) in [5.74, 6) is 0.422. The van der Waals surface area contributed by atoms with Crippen LogP contribution in [0.25, 0.3) is 17.4 Å². The fraction of sp³-hybridized carbons (Fsp3) is 0. The van der Waals surface area contributed by atoms with E-state index in [0.717, 1.165) is 17.3 Å². The maximum atomic E-state index is 12.2. The fourth-order valence-corrected chi connectivity index (χ4v) is 3.56.